The molecule has 1 aromatic rings. The van der Waals surface area contributed by atoms with Crippen molar-refractivity contribution in [3.63, 3.8) is 0 Å². The van der Waals surface area contributed by atoms with Gasteiger partial charge in [0.2, 0.25) is 0 Å². The minimum atomic E-state index is 0.230. The van der Waals surface area contributed by atoms with Gasteiger partial charge in [-0.05, 0) is 44.2 Å². The Kier molecular flexibility index (Phi) is 4.87. The van der Waals surface area contributed by atoms with Gasteiger partial charge in [0.15, 0.2) is 0 Å². The fraction of sp³-hybridized carbons (Fsp3) is 0.667. The molecule has 1 unspecified atom stereocenters. The highest BCUT2D eigenvalue weighted by Gasteiger charge is 2.33. The average molecular weight is 274 g/mol. The minimum absolute atomic E-state index is 0.230. The Morgan fingerprint density at radius 1 is 1.15 bits per heavy atom. The molecular weight excluding hydrogens is 244 g/mol. The molecule has 0 radical (unpaired) electrons. The third kappa shape index (κ3) is 3.62. The van der Waals surface area contributed by atoms with Gasteiger partial charge in [0.05, 0.1) is 0 Å². The highest BCUT2D eigenvalue weighted by molar-refractivity contribution is 5.25. The molecule has 1 fully saturated rings. The number of piperazine rings is 1. The second-order valence-electron chi connectivity index (χ2n) is 7.20. The predicted molar refractivity (Wildman–Crippen MR) is 87.1 cm³/mol. The van der Waals surface area contributed by atoms with Crippen LogP contribution in [-0.4, -0.2) is 30.1 Å². The molecule has 0 amide bonds. The molecule has 1 aliphatic rings. The number of benzene rings is 1. The quantitative estimate of drug-likeness (QED) is 0.902. The highest BCUT2D eigenvalue weighted by Crippen LogP contribution is 2.29. The number of hydrogen-bond donors (Lipinski definition) is 1. The fourth-order valence-electron chi connectivity index (χ4n) is 3.30. The Morgan fingerprint density at radius 3 is 2.35 bits per heavy atom. The van der Waals surface area contributed by atoms with Crippen LogP contribution in [0.2, 0.25) is 0 Å². The van der Waals surface area contributed by atoms with Crippen molar-refractivity contribution >= 4 is 0 Å². The molecule has 1 heterocycles. The van der Waals surface area contributed by atoms with E-state index in [9.17, 15) is 0 Å². The molecule has 20 heavy (non-hydrogen) atoms. The standard InChI is InChI=1S/C18H30N2/c1-14(2)12-16-6-8-17(9-7-16)15(3)20-11-10-19-13-18(20,4)5/h6-9,14-15,19H,10-13H2,1-5H3. The molecule has 1 atom stereocenters. The lowest BCUT2D eigenvalue weighted by Gasteiger charge is -2.46. The number of nitrogens with zero attached hydrogens (tertiary/aromatic N) is 1. The molecule has 0 aliphatic carbocycles. The normalized spacial score (nSPS) is 21.1. The molecule has 1 aromatic carbocycles. The topological polar surface area (TPSA) is 15.3 Å². The Bertz CT molecular complexity index is 420. The Labute approximate surface area is 124 Å². The van der Waals surface area contributed by atoms with Crippen molar-refractivity contribution in [2.75, 3.05) is 19.6 Å². The van der Waals surface area contributed by atoms with Crippen LogP contribution >= 0.6 is 0 Å². The van der Waals surface area contributed by atoms with Gasteiger partial charge in [-0.25, -0.2) is 0 Å². The van der Waals surface area contributed by atoms with E-state index in [1.165, 1.54) is 17.5 Å². The smallest absolute Gasteiger partial charge is 0.0326 e. The van der Waals surface area contributed by atoms with E-state index in [2.05, 4.69) is 69.1 Å². The molecule has 0 bridgehead atoms. The van der Waals surface area contributed by atoms with E-state index in [-0.39, 0.29) is 5.54 Å². The minimum Gasteiger partial charge on any atom is -0.314 e. The van der Waals surface area contributed by atoms with Crippen molar-refractivity contribution in [3.05, 3.63) is 35.4 Å². The van der Waals surface area contributed by atoms with Gasteiger partial charge in [0.1, 0.15) is 0 Å². The zero-order valence-corrected chi connectivity index (χ0v) is 13.7. The molecule has 2 heteroatoms. The van der Waals surface area contributed by atoms with Crippen molar-refractivity contribution in [2.45, 2.75) is 52.6 Å². The van der Waals surface area contributed by atoms with E-state index < -0.39 is 0 Å². The third-order valence-corrected chi connectivity index (χ3v) is 4.44. The summed E-state index contributed by atoms with van der Waals surface area (Å²) >= 11 is 0. The number of nitrogens with one attached hydrogen (secondary N) is 1. The Balaban J connectivity index is 2.10. The van der Waals surface area contributed by atoms with Crippen molar-refractivity contribution in [2.24, 2.45) is 5.92 Å². The van der Waals surface area contributed by atoms with Crippen LogP contribution in [0.1, 0.15) is 51.8 Å². The van der Waals surface area contributed by atoms with Crippen LogP contribution in [0.15, 0.2) is 24.3 Å². The molecule has 1 aliphatic heterocycles. The number of rotatable bonds is 4. The van der Waals surface area contributed by atoms with E-state index in [1.807, 2.05) is 0 Å². The molecule has 2 rings (SSSR count). The lowest BCUT2D eigenvalue weighted by molar-refractivity contribution is 0.0516. The van der Waals surface area contributed by atoms with E-state index in [4.69, 9.17) is 0 Å². The molecular formula is C18H30N2. The maximum atomic E-state index is 3.50. The van der Waals surface area contributed by atoms with Gasteiger partial charge in [-0.3, -0.25) is 4.90 Å². The van der Waals surface area contributed by atoms with E-state index in [1.54, 1.807) is 0 Å². The summed E-state index contributed by atoms with van der Waals surface area (Å²) in [7, 11) is 0. The maximum absolute atomic E-state index is 3.50. The first-order valence-electron chi connectivity index (χ1n) is 7.96. The molecule has 0 saturated carbocycles. The van der Waals surface area contributed by atoms with Gasteiger partial charge >= 0.3 is 0 Å². The summed E-state index contributed by atoms with van der Waals surface area (Å²) in [6.07, 6.45) is 1.17. The first-order chi connectivity index (χ1) is 9.40. The fourth-order valence-corrected chi connectivity index (χ4v) is 3.30. The first kappa shape index (κ1) is 15.5. The summed E-state index contributed by atoms with van der Waals surface area (Å²) in [4.78, 5) is 2.63. The average Bonchev–Trinajstić information content (AvgIpc) is 2.37. The summed E-state index contributed by atoms with van der Waals surface area (Å²) < 4.78 is 0. The highest BCUT2D eigenvalue weighted by atomic mass is 15.3. The van der Waals surface area contributed by atoms with Crippen molar-refractivity contribution in [1.82, 2.24) is 10.2 Å². The van der Waals surface area contributed by atoms with Crippen molar-refractivity contribution in [1.29, 1.82) is 0 Å². The predicted octanol–water partition coefficient (Wildman–Crippen LogP) is 3.63. The van der Waals surface area contributed by atoms with Crippen LogP contribution in [0.3, 0.4) is 0 Å². The molecule has 1 N–H and O–H groups in total. The summed E-state index contributed by atoms with van der Waals surface area (Å²) in [5, 5.41) is 3.50. The van der Waals surface area contributed by atoms with Gasteiger partial charge < -0.3 is 5.32 Å². The zero-order valence-electron chi connectivity index (χ0n) is 13.7. The molecule has 2 nitrogen and oxygen atoms in total. The van der Waals surface area contributed by atoms with Gasteiger partial charge in [0, 0.05) is 31.2 Å². The Morgan fingerprint density at radius 2 is 1.80 bits per heavy atom. The second-order valence-corrected chi connectivity index (χ2v) is 7.20. The molecule has 0 aromatic heterocycles. The first-order valence-corrected chi connectivity index (χ1v) is 7.96. The second kappa shape index (κ2) is 6.28. The van der Waals surface area contributed by atoms with Crippen LogP contribution in [0, 0.1) is 5.92 Å². The summed E-state index contributed by atoms with van der Waals surface area (Å²) in [6, 6.07) is 9.74. The van der Waals surface area contributed by atoms with Crippen molar-refractivity contribution < 1.29 is 0 Å². The lowest BCUT2D eigenvalue weighted by atomic mass is 9.94. The summed E-state index contributed by atoms with van der Waals surface area (Å²) in [5.74, 6) is 0.727. The van der Waals surface area contributed by atoms with Crippen LogP contribution in [-0.2, 0) is 6.42 Å². The monoisotopic (exact) mass is 274 g/mol. The van der Waals surface area contributed by atoms with Crippen LogP contribution in [0.5, 0.6) is 0 Å². The van der Waals surface area contributed by atoms with E-state index >= 15 is 0 Å². The van der Waals surface area contributed by atoms with E-state index in [0.29, 0.717) is 6.04 Å². The summed E-state index contributed by atoms with van der Waals surface area (Å²) in [5.41, 5.74) is 3.12. The zero-order chi connectivity index (χ0) is 14.8. The van der Waals surface area contributed by atoms with Crippen molar-refractivity contribution in [3.8, 4) is 0 Å². The number of hydrogen-bond acceptors (Lipinski definition) is 2. The summed E-state index contributed by atoms with van der Waals surface area (Å²) in [6.45, 7) is 14.9. The largest absolute Gasteiger partial charge is 0.314 e. The molecule has 0 spiro atoms. The van der Waals surface area contributed by atoms with Crippen LogP contribution < -0.4 is 5.32 Å². The SMILES string of the molecule is CC(C)Cc1ccc(C(C)N2CCNCC2(C)C)cc1. The third-order valence-electron chi connectivity index (χ3n) is 4.44. The van der Waals surface area contributed by atoms with Gasteiger partial charge in [-0.1, -0.05) is 38.1 Å². The molecule has 112 valence electrons. The van der Waals surface area contributed by atoms with Crippen LogP contribution in [0.4, 0.5) is 0 Å². The van der Waals surface area contributed by atoms with Gasteiger partial charge in [0.25, 0.3) is 0 Å². The van der Waals surface area contributed by atoms with E-state index in [0.717, 1.165) is 25.6 Å². The Hall–Kier alpha value is -0.860. The maximum Gasteiger partial charge on any atom is 0.0326 e. The lowest BCUT2D eigenvalue weighted by Crippen LogP contribution is -2.58. The van der Waals surface area contributed by atoms with Gasteiger partial charge in [-0.2, -0.15) is 0 Å². The molecule has 1 saturated heterocycles. The van der Waals surface area contributed by atoms with Gasteiger partial charge in [-0.15, -0.1) is 0 Å². The van der Waals surface area contributed by atoms with Crippen LogP contribution in [0.25, 0.3) is 0 Å².